The van der Waals surface area contributed by atoms with E-state index in [4.69, 9.17) is 9.47 Å². The van der Waals surface area contributed by atoms with Gasteiger partial charge in [-0.25, -0.2) is 0 Å². The number of ether oxygens (including phenoxy) is 2. The number of benzene rings is 2. The summed E-state index contributed by atoms with van der Waals surface area (Å²) in [5, 5.41) is 0. The molecule has 0 saturated carbocycles. The zero-order valence-corrected chi connectivity index (χ0v) is 25.5. The van der Waals surface area contributed by atoms with E-state index in [1.165, 1.54) is 88.2 Å². The van der Waals surface area contributed by atoms with Crippen molar-refractivity contribution in [2.24, 2.45) is 5.92 Å². The maximum Gasteiger partial charge on any atom is 0.314 e. The Morgan fingerprint density at radius 3 is 1.87 bits per heavy atom. The van der Waals surface area contributed by atoms with Crippen molar-refractivity contribution in [2.45, 2.75) is 104 Å². The van der Waals surface area contributed by atoms with Crippen LogP contribution >= 0.6 is 0 Å². The monoisotopic (exact) mass is 538 g/mol. The van der Waals surface area contributed by atoms with Crippen LogP contribution in [0, 0.1) is 5.92 Å². The second-order valence-electron chi connectivity index (χ2n) is 12.0. The molecule has 0 N–H and O–H groups in total. The minimum Gasteiger partial charge on any atom is -0.490 e. The quantitative estimate of drug-likeness (QED) is 0.0854. The zero-order valence-electron chi connectivity index (χ0n) is 25.5. The smallest absolute Gasteiger partial charge is 0.314 e. The van der Waals surface area contributed by atoms with Crippen molar-refractivity contribution < 1.29 is 18.8 Å². The third kappa shape index (κ3) is 15.8. The van der Waals surface area contributed by atoms with E-state index in [2.05, 4.69) is 57.4 Å². The summed E-state index contributed by atoms with van der Waals surface area (Å²) in [4.78, 5) is 12.5. The Morgan fingerprint density at radius 1 is 0.718 bits per heavy atom. The van der Waals surface area contributed by atoms with Crippen LogP contribution in [0.4, 0.5) is 0 Å². The summed E-state index contributed by atoms with van der Waals surface area (Å²) in [6.07, 6.45) is 17.7. The van der Waals surface area contributed by atoms with E-state index in [1.54, 1.807) is 0 Å². The van der Waals surface area contributed by atoms with Gasteiger partial charge in [-0.05, 0) is 37.5 Å². The zero-order chi connectivity index (χ0) is 28.2. The van der Waals surface area contributed by atoms with Crippen molar-refractivity contribution in [1.29, 1.82) is 0 Å². The first kappa shape index (κ1) is 32.9. The lowest BCUT2D eigenvalue weighted by atomic mass is 10.0. The molecule has 39 heavy (non-hydrogen) atoms. The molecule has 0 radical (unpaired) electrons. The SMILES string of the molecule is CCCCCCCCCCCCCCc1ccc(OCCOC(=O)C(C)C[N+](C)(C)Cc2ccccc2)cc1. The molecule has 0 fully saturated rings. The average molecular weight is 539 g/mol. The van der Waals surface area contributed by atoms with Crippen LogP contribution in [0.15, 0.2) is 54.6 Å². The van der Waals surface area contributed by atoms with Crippen LogP contribution in [0.25, 0.3) is 0 Å². The molecule has 0 heterocycles. The van der Waals surface area contributed by atoms with Crippen LogP contribution in [-0.4, -0.2) is 44.3 Å². The van der Waals surface area contributed by atoms with Gasteiger partial charge in [-0.3, -0.25) is 4.79 Å². The van der Waals surface area contributed by atoms with Crippen LogP contribution in [-0.2, 0) is 22.5 Å². The Morgan fingerprint density at radius 2 is 1.28 bits per heavy atom. The summed E-state index contributed by atoms with van der Waals surface area (Å²) in [5.74, 6) is 0.511. The van der Waals surface area contributed by atoms with Gasteiger partial charge in [-0.1, -0.05) is 120 Å². The summed E-state index contributed by atoms with van der Waals surface area (Å²) in [6, 6.07) is 18.8. The maximum atomic E-state index is 12.5. The summed E-state index contributed by atoms with van der Waals surface area (Å²) >= 11 is 0. The van der Waals surface area contributed by atoms with Crippen molar-refractivity contribution in [3.05, 3.63) is 65.7 Å². The lowest BCUT2D eigenvalue weighted by molar-refractivity contribution is -0.905. The minimum atomic E-state index is -0.164. The second-order valence-corrected chi connectivity index (χ2v) is 12.0. The van der Waals surface area contributed by atoms with E-state index < -0.39 is 0 Å². The fourth-order valence-corrected chi connectivity index (χ4v) is 5.32. The number of aryl methyl sites for hydroxylation is 1. The molecule has 0 aliphatic carbocycles. The fourth-order valence-electron chi connectivity index (χ4n) is 5.32. The minimum absolute atomic E-state index is 0.157. The number of rotatable bonds is 22. The van der Waals surface area contributed by atoms with E-state index in [0.717, 1.165) is 29.7 Å². The number of unbranched alkanes of at least 4 members (excludes halogenated alkanes) is 11. The van der Waals surface area contributed by atoms with Gasteiger partial charge in [0.15, 0.2) is 0 Å². The first-order chi connectivity index (χ1) is 18.9. The van der Waals surface area contributed by atoms with Gasteiger partial charge in [0.1, 0.15) is 31.4 Å². The van der Waals surface area contributed by atoms with Gasteiger partial charge < -0.3 is 14.0 Å². The molecule has 1 atom stereocenters. The van der Waals surface area contributed by atoms with Crippen LogP contribution in [0.5, 0.6) is 5.75 Å². The molecule has 0 spiro atoms. The molecule has 2 aromatic rings. The predicted molar refractivity (Wildman–Crippen MR) is 164 cm³/mol. The molecule has 4 heteroatoms. The number of esters is 1. The summed E-state index contributed by atoms with van der Waals surface area (Å²) in [7, 11) is 4.31. The van der Waals surface area contributed by atoms with Gasteiger partial charge in [0, 0.05) is 5.56 Å². The highest BCUT2D eigenvalue weighted by Crippen LogP contribution is 2.17. The van der Waals surface area contributed by atoms with Gasteiger partial charge in [0.25, 0.3) is 0 Å². The van der Waals surface area contributed by atoms with E-state index in [-0.39, 0.29) is 18.5 Å². The van der Waals surface area contributed by atoms with Crippen molar-refractivity contribution in [1.82, 2.24) is 0 Å². The predicted octanol–water partition coefficient (Wildman–Crippen LogP) is 8.76. The Hall–Kier alpha value is -2.33. The molecule has 0 amide bonds. The highest BCUT2D eigenvalue weighted by molar-refractivity contribution is 5.72. The summed E-state index contributed by atoms with van der Waals surface area (Å²) in [6.45, 7) is 6.49. The molecular formula is C35H56NO3+. The van der Waals surface area contributed by atoms with E-state index in [9.17, 15) is 4.79 Å². The third-order valence-corrected chi connectivity index (χ3v) is 7.46. The first-order valence-electron chi connectivity index (χ1n) is 15.6. The number of carbonyl (C=O) groups is 1. The highest BCUT2D eigenvalue weighted by atomic mass is 16.6. The molecule has 0 aromatic heterocycles. The molecule has 2 aromatic carbocycles. The van der Waals surface area contributed by atoms with Crippen LogP contribution in [0.1, 0.15) is 102 Å². The van der Waals surface area contributed by atoms with E-state index in [1.807, 2.05) is 25.1 Å². The van der Waals surface area contributed by atoms with Gasteiger partial charge >= 0.3 is 5.97 Å². The largest absolute Gasteiger partial charge is 0.490 e. The van der Waals surface area contributed by atoms with Gasteiger partial charge in [-0.2, -0.15) is 0 Å². The molecule has 218 valence electrons. The molecular weight excluding hydrogens is 482 g/mol. The molecule has 4 nitrogen and oxygen atoms in total. The first-order valence-corrected chi connectivity index (χ1v) is 15.6. The Kier molecular flexibility index (Phi) is 16.6. The van der Waals surface area contributed by atoms with Crippen molar-refractivity contribution >= 4 is 5.97 Å². The second kappa shape index (κ2) is 19.7. The standard InChI is InChI=1S/C35H56NO3/c1-5-6-7-8-9-10-11-12-13-14-15-17-20-32-23-25-34(26-24-32)38-27-28-39-35(37)31(2)29-36(3,4)30-33-21-18-16-19-22-33/h16,18-19,21-26,31H,5-15,17,20,27-30H2,1-4H3/q+1. The molecule has 0 bridgehead atoms. The van der Waals surface area contributed by atoms with E-state index >= 15 is 0 Å². The Labute approximate surface area is 239 Å². The lowest BCUT2D eigenvalue weighted by Crippen LogP contribution is -2.44. The lowest BCUT2D eigenvalue weighted by Gasteiger charge is -2.31. The molecule has 1 unspecified atom stereocenters. The summed E-state index contributed by atoms with van der Waals surface area (Å²) < 4.78 is 12.0. The topological polar surface area (TPSA) is 35.5 Å². The van der Waals surface area contributed by atoms with E-state index in [0.29, 0.717) is 6.61 Å². The van der Waals surface area contributed by atoms with Crippen LogP contribution in [0.2, 0.25) is 0 Å². The Balaban J connectivity index is 1.50. The van der Waals surface area contributed by atoms with Gasteiger partial charge in [0.05, 0.1) is 20.6 Å². The van der Waals surface area contributed by atoms with Crippen molar-refractivity contribution in [3.63, 3.8) is 0 Å². The number of nitrogens with zero attached hydrogens (tertiary/aromatic N) is 1. The average Bonchev–Trinajstić information content (AvgIpc) is 2.92. The molecule has 0 aliphatic heterocycles. The van der Waals surface area contributed by atoms with Crippen molar-refractivity contribution in [3.8, 4) is 5.75 Å². The van der Waals surface area contributed by atoms with Crippen LogP contribution < -0.4 is 4.74 Å². The maximum absolute atomic E-state index is 12.5. The fraction of sp³-hybridized carbons (Fsp3) is 0.629. The normalized spacial score (nSPS) is 12.3. The molecule has 2 rings (SSSR count). The molecule has 0 saturated heterocycles. The number of hydrogen-bond acceptors (Lipinski definition) is 3. The number of quaternary nitrogens is 1. The molecule has 0 aliphatic rings. The van der Waals surface area contributed by atoms with Gasteiger partial charge in [0.2, 0.25) is 0 Å². The number of carbonyl (C=O) groups excluding carboxylic acids is 1. The third-order valence-electron chi connectivity index (χ3n) is 7.46. The Bertz CT molecular complexity index is 879. The van der Waals surface area contributed by atoms with Crippen molar-refractivity contribution in [2.75, 3.05) is 33.9 Å². The summed E-state index contributed by atoms with van der Waals surface area (Å²) in [5.41, 5.74) is 2.64. The number of hydrogen-bond donors (Lipinski definition) is 0. The highest BCUT2D eigenvalue weighted by Gasteiger charge is 2.25. The van der Waals surface area contributed by atoms with Crippen LogP contribution in [0.3, 0.4) is 0 Å². The van der Waals surface area contributed by atoms with Gasteiger partial charge in [-0.15, -0.1) is 0 Å².